The fraction of sp³-hybridized carbons (Fsp3) is 0.300. The highest BCUT2D eigenvalue weighted by atomic mass is 79.9. The van der Waals surface area contributed by atoms with E-state index < -0.39 is 5.91 Å². The van der Waals surface area contributed by atoms with Crippen LogP contribution in [-0.4, -0.2) is 29.4 Å². The van der Waals surface area contributed by atoms with E-state index in [4.69, 9.17) is 9.94 Å². The third-order valence-electron chi connectivity index (χ3n) is 4.31. The topological polar surface area (TPSA) is 78.9 Å². The minimum atomic E-state index is -0.406. The van der Waals surface area contributed by atoms with Crippen LogP contribution in [0.3, 0.4) is 0 Å². The largest absolute Gasteiger partial charge is 0.491 e. The summed E-state index contributed by atoms with van der Waals surface area (Å²) in [5.74, 6) is 0.703. The van der Waals surface area contributed by atoms with Gasteiger partial charge in [0.15, 0.2) is 0 Å². The molecule has 148 valence electrons. The van der Waals surface area contributed by atoms with E-state index in [1.54, 1.807) is 22.1 Å². The van der Waals surface area contributed by atoms with Crippen molar-refractivity contribution in [2.45, 2.75) is 24.6 Å². The summed E-state index contributed by atoms with van der Waals surface area (Å²) in [5.41, 5.74) is 3.42. The van der Waals surface area contributed by atoms with E-state index in [-0.39, 0.29) is 17.7 Å². The number of hydrogen-bond acceptors (Lipinski definition) is 5. The van der Waals surface area contributed by atoms with Crippen LogP contribution in [0.15, 0.2) is 53.0 Å². The minimum Gasteiger partial charge on any atom is -0.491 e. The number of hydrogen-bond donors (Lipinski definition) is 2. The number of carbonyl (C=O) groups is 2. The number of unbranched alkanes of at least 4 members (excludes halogenated alkanes) is 1. The number of benzene rings is 2. The van der Waals surface area contributed by atoms with Crippen LogP contribution in [-0.2, 0) is 9.59 Å². The molecule has 2 aromatic rings. The highest BCUT2D eigenvalue weighted by Gasteiger charge is 2.35. The zero-order valence-electron chi connectivity index (χ0n) is 15.1. The van der Waals surface area contributed by atoms with E-state index in [2.05, 4.69) is 15.9 Å². The number of rotatable bonds is 8. The fourth-order valence-corrected chi connectivity index (χ4v) is 4.57. The summed E-state index contributed by atoms with van der Waals surface area (Å²) in [6.45, 7) is 0.423. The average Bonchev–Trinajstić information content (AvgIpc) is 3.09. The molecule has 1 heterocycles. The van der Waals surface area contributed by atoms with Gasteiger partial charge < -0.3 is 4.74 Å². The summed E-state index contributed by atoms with van der Waals surface area (Å²) in [7, 11) is 0. The van der Waals surface area contributed by atoms with Crippen molar-refractivity contribution >= 4 is 45.2 Å². The standard InChI is InChI=1S/C20H21BrN2O4S/c21-15-7-5-6-14(12-15)20-23(19(25)13-28-20)16-8-1-2-9-17(16)27-11-4-3-10-18(24)22-26/h1-2,5-9,12,20,26H,3-4,10-11,13H2,(H,22,24). The monoisotopic (exact) mass is 464 g/mol. The molecular weight excluding hydrogens is 444 g/mol. The lowest BCUT2D eigenvalue weighted by Gasteiger charge is -2.26. The normalized spacial score (nSPS) is 16.3. The number of amides is 2. The van der Waals surface area contributed by atoms with Gasteiger partial charge in [0.2, 0.25) is 11.8 Å². The number of nitrogens with zero attached hydrogens (tertiary/aromatic N) is 1. The second kappa shape index (κ2) is 9.95. The lowest BCUT2D eigenvalue weighted by Crippen LogP contribution is -2.28. The van der Waals surface area contributed by atoms with Gasteiger partial charge in [-0.25, -0.2) is 5.48 Å². The third kappa shape index (κ3) is 5.06. The van der Waals surface area contributed by atoms with Crippen molar-refractivity contribution in [3.8, 4) is 5.75 Å². The fourth-order valence-electron chi connectivity index (χ4n) is 3.00. The highest BCUT2D eigenvalue weighted by Crippen LogP contribution is 2.45. The van der Waals surface area contributed by atoms with Gasteiger partial charge in [-0.1, -0.05) is 40.2 Å². The van der Waals surface area contributed by atoms with Gasteiger partial charge in [0.05, 0.1) is 18.0 Å². The first-order valence-corrected chi connectivity index (χ1v) is 10.8. The van der Waals surface area contributed by atoms with Gasteiger partial charge in [-0.3, -0.25) is 19.7 Å². The molecule has 6 nitrogen and oxygen atoms in total. The first-order chi connectivity index (χ1) is 13.6. The van der Waals surface area contributed by atoms with E-state index >= 15 is 0 Å². The number of thioether (sulfide) groups is 1. The molecule has 1 aliphatic rings. The van der Waals surface area contributed by atoms with Crippen LogP contribution in [0, 0.1) is 0 Å². The maximum atomic E-state index is 12.6. The van der Waals surface area contributed by atoms with Gasteiger partial charge in [0.25, 0.3) is 0 Å². The molecule has 3 rings (SSSR count). The molecule has 28 heavy (non-hydrogen) atoms. The van der Waals surface area contributed by atoms with Gasteiger partial charge in [-0.2, -0.15) is 0 Å². The van der Waals surface area contributed by atoms with Crippen LogP contribution in [0.4, 0.5) is 5.69 Å². The number of carbonyl (C=O) groups excluding carboxylic acids is 2. The molecule has 2 amide bonds. The maximum absolute atomic E-state index is 12.6. The van der Waals surface area contributed by atoms with Crippen molar-refractivity contribution in [1.82, 2.24) is 5.48 Å². The van der Waals surface area contributed by atoms with Crippen LogP contribution in [0.5, 0.6) is 5.75 Å². The van der Waals surface area contributed by atoms with Crippen molar-refractivity contribution in [1.29, 1.82) is 0 Å². The Labute approximate surface area is 176 Å². The Balaban J connectivity index is 1.73. The van der Waals surface area contributed by atoms with Gasteiger partial charge >= 0.3 is 0 Å². The van der Waals surface area contributed by atoms with E-state index in [1.165, 1.54) is 0 Å². The van der Waals surface area contributed by atoms with Crippen molar-refractivity contribution in [2.24, 2.45) is 0 Å². The van der Waals surface area contributed by atoms with Gasteiger partial charge in [0.1, 0.15) is 11.1 Å². The molecule has 0 saturated carbocycles. The Morgan fingerprint density at radius 1 is 1.25 bits per heavy atom. The van der Waals surface area contributed by atoms with Crippen molar-refractivity contribution in [3.05, 3.63) is 58.6 Å². The minimum absolute atomic E-state index is 0.0469. The Hall–Kier alpha value is -2.03. The molecule has 1 fully saturated rings. The number of anilines is 1. The molecule has 1 atom stereocenters. The van der Waals surface area contributed by atoms with E-state index in [1.807, 2.05) is 48.5 Å². The Kier molecular flexibility index (Phi) is 7.36. The first kappa shape index (κ1) is 20.7. The molecule has 0 radical (unpaired) electrons. The summed E-state index contributed by atoms with van der Waals surface area (Å²) < 4.78 is 6.89. The number of nitrogens with one attached hydrogen (secondary N) is 1. The van der Waals surface area contributed by atoms with Crippen molar-refractivity contribution in [3.63, 3.8) is 0 Å². The average molecular weight is 465 g/mol. The summed E-state index contributed by atoms with van der Waals surface area (Å²) in [6, 6.07) is 15.5. The predicted octanol–water partition coefficient (Wildman–Crippen LogP) is 4.28. The van der Waals surface area contributed by atoms with Crippen LogP contribution < -0.4 is 15.1 Å². The first-order valence-electron chi connectivity index (χ1n) is 8.94. The SMILES string of the molecule is O=C(CCCCOc1ccccc1N1C(=O)CSC1c1cccc(Br)c1)NO. The number of halogens is 1. The van der Waals surface area contributed by atoms with E-state index in [9.17, 15) is 9.59 Å². The number of ether oxygens (including phenoxy) is 1. The summed E-state index contributed by atoms with van der Waals surface area (Å²) in [4.78, 5) is 25.5. The van der Waals surface area contributed by atoms with Crippen LogP contribution in [0.2, 0.25) is 0 Å². The zero-order valence-corrected chi connectivity index (χ0v) is 17.5. The molecule has 0 spiro atoms. The van der Waals surface area contributed by atoms with Crippen molar-refractivity contribution in [2.75, 3.05) is 17.3 Å². The maximum Gasteiger partial charge on any atom is 0.243 e. The molecule has 8 heteroatoms. The molecule has 1 saturated heterocycles. The summed E-state index contributed by atoms with van der Waals surface area (Å²) in [6.07, 6.45) is 1.51. The van der Waals surface area contributed by atoms with Crippen molar-refractivity contribution < 1.29 is 19.5 Å². The molecule has 0 aliphatic carbocycles. The number of para-hydroxylation sites is 2. The van der Waals surface area contributed by atoms with Gasteiger partial charge in [0, 0.05) is 10.9 Å². The second-order valence-corrected chi connectivity index (χ2v) is 8.27. The molecule has 0 bridgehead atoms. The zero-order chi connectivity index (χ0) is 19.9. The Bertz CT molecular complexity index is 848. The van der Waals surface area contributed by atoms with Crippen LogP contribution in [0.1, 0.15) is 30.2 Å². The van der Waals surface area contributed by atoms with Crippen LogP contribution >= 0.6 is 27.7 Å². The third-order valence-corrected chi connectivity index (χ3v) is 6.01. The number of hydroxylamine groups is 1. The molecule has 1 unspecified atom stereocenters. The lowest BCUT2D eigenvalue weighted by atomic mass is 10.2. The van der Waals surface area contributed by atoms with Crippen LogP contribution in [0.25, 0.3) is 0 Å². The molecule has 2 N–H and O–H groups in total. The smallest absolute Gasteiger partial charge is 0.243 e. The summed E-state index contributed by atoms with van der Waals surface area (Å²) >= 11 is 5.09. The Morgan fingerprint density at radius 3 is 2.86 bits per heavy atom. The Morgan fingerprint density at radius 2 is 2.07 bits per heavy atom. The molecule has 0 aromatic heterocycles. The molecule has 1 aliphatic heterocycles. The van der Waals surface area contributed by atoms with Gasteiger partial charge in [-0.15, -0.1) is 11.8 Å². The van der Waals surface area contributed by atoms with E-state index in [0.29, 0.717) is 31.0 Å². The second-order valence-electron chi connectivity index (χ2n) is 6.29. The predicted molar refractivity (Wildman–Crippen MR) is 113 cm³/mol. The quantitative estimate of drug-likeness (QED) is 0.346. The highest BCUT2D eigenvalue weighted by molar-refractivity contribution is 9.10. The summed E-state index contributed by atoms with van der Waals surface area (Å²) in [5, 5.41) is 8.41. The molecular formula is C20H21BrN2O4S. The van der Waals surface area contributed by atoms with Gasteiger partial charge in [-0.05, 0) is 42.7 Å². The molecule has 2 aromatic carbocycles. The lowest BCUT2D eigenvalue weighted by molar-refractivity contribution is -0.129. The van der Waals surface area contributed by atoms with E-state index in [0.717, 1.165) is 15.7 Å².